The molecule has 0 radical (unpaired) electrons. The highest BCUT2D eigenvalue weighted by Gasteiger charge is 2.22. The number of fused-ring (bicyclic) bond motifs is 6. The summed E-state index contributed by atoms with van der Waals surface area (Å²) in [7, 11) is 2.24. The van der Waals surface area contributed by atoms with E-state index in [9.17, 15) is 0 Å². The molecule has 2 aliphatic rings. The quantitative estimate of drug-likeness (QED) is 0.196. The molecule has 2 aromatic carbocycles. The molecule has 40 heavy (non-hydrogen) atoms. The lowest BCUT2D eigenvalue weighted by Crippen LogP contribution is -2.27. The van der Waals surface area contributed by atoms with Crippen molar-refractivity contribution in [2.75, 3.05) is 33.2 Å². The first-order valence-corrected chi connectivity index (χ1v) is 15.4. The Kier molecular flexibility index (Phi) is 8.01. The van der Waals surface area contributed by atoms with Crippen LogP contribution < -0.4 is 10.6 Å². The van der Waals surface area contributed by atoms with Gasteiger partial charge in [0.25, 0.3) is 0 Å². The third kappa shape index (κ3) is 5.19. The molecule has 0 spiro atoms. The molecule has 2 aromatic heterocycles. The van der Waals surface area contributed by atoms with E-state index in [-0.39, 0.29) is 0 Å². The predicted octanol–water partition coefficient (Wildman–Crippen LogP) is 6.80. The van der Waals surface area contributed by atoms with Crippen molar-refractivity contribution in [1.29, 1.82) is 0 Å². The summed E-state index contributed by atoms with van der Waals surface area (Å²) in [6, 6.07) is 17.6. The lowest BCUT2D eigenvalue weighted by molar-refractivity contribution is 0.325. The summed E-state index contributed by atoms with van der Waals surface area (Å²) in [6.45, 7) is 15.2. The number of nitrogens with one attached hydrogen (secondary N) is 2. The Morgan fingerprint density at radius 1 is 0.700 bits per heavy atom. The first-order valence-electron chi connectivity index (χ1n) is 15.4. The SMILES string of the molecule is C=C(NCCCN(C)CCCNC(=C)c1c2n(c3ccccc13)CCCC2)c1c2n(c3ccccc13)CCCC2. The van der Waals surface area contributed by atoms with Gasteiger partial charge < -0.3 is 24.7 Å². The number of nitrogens with zero attached hydrogens (tertiary/aromatic N) is 3. The van der Waals surface area contributed by atoms with Gasteiger partial charge in [-0.05, 0) is 83.6 Å². The lowest BCUT2D eigenvalue weighted by atomic mass is 10.0. The Labute approximate surface area is 239 Å². The van der Waals surface area contributed by atoms with E-state index in [0.29, 0.717) is 0 Å². The molecule has 4 heterocycles. The van der Waals surface area contributed by atoms with Gasteiger partial charge in [-0.15, -0.1) is 0 Å². The highest BCUT2D eigenvalue weighted by atomic mass is 15.1. The van der Waals surface area contributed by atoms with E-state index in [2.05, 4.69) is 93.4 Å². The fourth-order valence-electron chi connectivity index (χ4n) is 7.01. The van der Waals surface area contributed by atoms with Crippen LogP contribution in [0.25, 0.3) is 33.2 Å². The van der Waals surface area contributed by atoms with Crippen molar-refractivity contribution in [3.63, 3.8) is 0 Å². The van der Waals surface area contributed by atoms with Gasteiger partial charge in [0.2, 0.25) is 0 Å². The standard InChI is InChI=1S/C35H45N5/c1-26(34-28-14-4-6-16-30(28)39-24-10-8-18-32(34)39)36-20-12-22-38(3)23-13-21-37-27(2)35-29-15-5-7-17-31(29)40-25-11-9-19-33(35)40/h4-7,14-17,36-37H,1-2,8-13,18-25H2,3H3. The number of para-hydroxylation sites is 2. The van der Waals surface area contributed by atoms with E-state index in [1.165, 1.54) is 70.0 Å². The van der Waals surface area contributed by atoms with E-state index < -0.39 is 0 Å². The average molecular weight is 536 g/mol. The van der Waals surface area contributed by atoms with E-state index >= 15 is 0 Å². The molecule has 0 amide bonds. The van der Waals surface area contributed by atoms with E-state index in [1.54, 1.807) is 0 Å². The molecule has 0 atom stereocenters. The minimum absolute atomic E-state index is 0.948. The van der Waals surface area contributed by atoms with Crippen molar-refractivity contribution >= 4 is 33.2 Å². The first-order chi connectivity index (χ1) is 19.6. The monoisotopic (exact) mass is 535 g/mol. The number of hydrogen-bond donors (Lipinski definition) is 2. The van der Waals surface area contributed by atoms with Crippen LogP contribution >= 0.6 is 0 Å². The number of hydrogen-bond acceptors (Lipinski definition) is 3. The Morgan fingerprint density at radius 3 is 1.62 bits per heavy atom. The molecular formula is C35H45N5. The fraction of sp³-hybridized carbons (Fsp3) is 0.429. The summed E-state index contributed by atoms with van der Waals surface area (Å²) in [6.07, 6.45) is 9.59. The number of aromatic nitrogens is 2. The molecule has 0 bridgehead atoms. The van der Waals surface area contributed by atoms with Crippen LogP contribution in [0.1, 0.15) is 61.0 Å². The molecule has 0 saturated heterocycles. The smallest absolute Gasteiger partial charge is 0.0489 e. The molecular weight excluding hydrogens is 490 g/mol. The number of rotatable bonds is 12. The van der Waals surface area contributed by atoms with Crippen LogP contribution in [-0.2, 0) is 25.9 Å². The van der Waals surface area contributed by atoms with Crippen molar-refractivity contribution in [2.24, 2.45) is 0 Å². The Bertz CT molecular complexity index is 1410. The minimum atomic E-state index is 0.948. The van der Waals surface area contributed by atoms with E-state index in [1.807, 2.05) is 0 Å². The summed E-state index contributed by atoms with van der Waals surface area (Å²) in [5, 5.41) is 10.0. The second-order valence-corrected chi connectivity index (χ2v) is 11.7. The molecule has 6 rings (SSSR count). The average Bonchev–Trinajstić information content (AvgIpc) is 3.51. The summed E-state index contributed by atoms with van der Waals surface area (Å²) in [5.74, 6) is 0. The molecule has 5 nitrogen and oxygen atoms in total. The maximum absolute atomic E-state index is 4.46. The third-order valence-corrected chi connectivity index (χ3v) is 8.96. The van der Waals surface area contributed by atoms with Crippen molar-refractivity contribution in [3.8, 4) is 0 Å². The van der Waals surface area contributed by atoms with Crippen molar-refractivity contribution < 1.29 is 0 Å². The number of benzene rings is 2. The molecule has 4 aromatic rings. The predicted molar refractivity (Wildman–Crippen MR) is 171 cm³/mol. The summed E-state index contributed by atoms with van der Waals surface area (Å²) in [5.41, 5.74) is 10.5. The Balaban J connectivity index is 0.955. The van der Waals surface area contributed by atoms with Crippen molar-refractivity contribution in [2.45, 2.75) is 64.5 Å². The van der Waals surface area contributed by atoms with Crippen LogP contribution in [0.15, 0.2) is 61.7 Å². The maximum Gasteiger partial charge on any atom is 0.0489 e. The number of aryl methyl sites for hydroxylation is 2. The molecule has 5 heteroatoms. The molecule has 0 aliphatic carbocycles. The molecule has 210 valence electrons. The Hall–Kier alpha value is -3.44. The van der Waals surface area contributed by atoms with Gasteiger partial charge in [-0.25, -0.2) is 0 Å². The molecule has 0 fully saturated rings. The van der Waals surface area contributed by atoms with Crippen LogP contribution in [0.3, 0.4) is 0 Å². The van der Waals surface area contributed by atoms with Gasteiger partial charge in [0.1, 0.15) is 0 Å². The van der Waals surface area contributed by atoms with Gasteiger partial charge >= 0.3 is 0 Å². The van der Waals surface area contributed by atoms with Crippen LogP contribution in [0.2, 0.25) is 0 Å². The summed E-state index contributed by atoms with van der Waals surface area (Å²) < 4.78 is 5.04. The highest BCUT2D eigenvalue weighted by molar-refractivity contribution is 5.95. The van der Waals surface area contributed by atoms with Crippen molar-refractivity contribution in [1.82, 2.24) is 24.7 Å². The van der Waals surface area contributed by atoms with Gasteiger partial charge in [-0.3, -0.25) is 0 Å². The third-order valence-electron chi connectivity index (χ3n) is 8.96. The largest absolute Gasteiger partial charge is 0.385 e. The fourth-order valence-corrected chi connectivity index (χ4v) is 7.01. The van der Waals surface area contributed by atoms with Crippen LogP contribution in [0.5, 0.6) is 0 Å². The molecule has 0 saturated carbocycles. The normalized spacial score (nSPS) is 14.8. The maximum atomic E-state index is 4.46. The zero-order valence-electron chi connectivity index (χ0n) is 24.3. The van der Waals surface area contributed by atoms with Gasteiger partial charge in [-0.1, -0.05) is 49.6 Å². The second-order valence-electron chi connectivity index (χ2n) is 11.7. The van der Waals surface area contributed by atoms with Gasteiger partial charge in [-0.2, -0.15) is 0 Å². The van der Waals surface area contributed by atoms with E-state index in [0.717, 1.165) is 76.3 Å². The van der Waals surface area contributed by atoms with Crippen LogP contribution in [0.4, 0.5) is 0 Å². The lowest BCUT2D eigenvalue weighted by Gasteiger charge is -2.20. The van der Waals surface area contributed by atoms with E-state index in [4.69, 9.17) is 0 Å². The van der Waals surface area contributed by atoms with Crippen LogP contribution in [0, 0.1) is 0 Å². The van der Waals surface area contributed by atoms with Gasteiger partial charge in [0.15, 0.2) is 0 Å². The first kappa shape index (κ1) is 26.8. The minimum Gasteiger partial charge on any atom is -0.385 e. The van der Waals surface area contributed by atoms with Crippen LogP contribution in [-0.4, -0.2) is 47.3 Å². The zero-order valence-corrected chi connectivity index (χ0v) is 24.3. The molecule has 0 unspecified atom stereocenters. The van der Waals surface area contributed by atoms with Gasteiger partial charge in [0.05, 0.1) is 0 Å². The molecule has 2 aliphatic heterocycles. The second kappa shape index (κ2) is 12.0. The summed E-state index contributed by atoms with van der Waals surface area (Å²) in [4.78, 5) is 2.44. The zero-order chi connectivity index (χ0) is 27.5. The highest BCUT2D eigenvalue weighted by Crippen LogP contribution is 2.35. The molecule has 2 N–H and O–H groups in total. The topological polar surface area (TPSA) is 37.2 Å². The summed E-state index contributed by atoms with van der Waals surface area (Å²) >= 11 is 0. The Morgan fingerprint density at radius 2 is 1.15 bits per heavy atom. The van der Waals surface area contributed by atoms with Crippen molar-refractivity contribution in [3.05, 3.63) is 84.2 Å². The van der Waals surface area contributed by atoms with Gasteiger partial charge in [0, 0.05) is 81.9 Å².